The molecule has 0 nitrogen and oxygen atoms in total. The minimum atomic E-state index is -0.328. The predicted octanol–water partition coefficient (Wildman–Crippen LogP) is 3.82. The molecule has 74 valence electrons. The lowest BCUT2D eigenvalue weighted by atomic mass is 10.2. The van der Waals surface area contributed by atoms with Crippen LogP contribution in [0.3, 0.4) is 0 Å². The molecule has 2 heteroatoms. The van der Waals surface area contributed by atoms with E-state index in [9.17, 15) is 0 Å². The third-order valence-electron chi connectivity index (χ3n) is 1.66. The first-order valence-corrected chi connectivity index (χ1v) is 7.75. The van der Waals surface area contributed by atoms with Crippen LogP contribution in [0.25, 0.3) is 0 Å². The molecule has 0 saturated carbocycles. The molecule has 0 rings (SSSR count). The summed E-state index contributed by atoms with van der Waals surface area (Å²) < 4.78 is 0. The maximum absolute atomic E-state index is 5.52. The summed E-state index contributed by atoms with van der Waals surface area (Å²) in [7, 11) is -0.328. The molecule has 0 aromatic heterocycles. The van der Waals surface area contributed by atoms with Crippen LogP contribution in [-0.2, 0) is 0 Å². The molecule has 0 aliphatic carbocycles. The molecule has 0 N–H and O–H groups in total. The van der Waals surface area contributed by atoms with Gasteiger partial charge in [0.2, 0.25) is 0 Å². The fourth-order valence-electron chi connectivity index (χ4n) is 0.577. The van der Waals surface area contributed by atoms with E-state index >= 15 is 0 Å². The summed E-state index contributed by atoms with van der Waals surface area (Å²) in [6.07, 6.45) is 7.61. The lowest BCUT2D eigenvalue weighted by molar-refractivity contribution is 0.702. The Kier molecular flexibility index (Phi) is 17.0. The normalized spacial score (nSPS) is 11.6. The van der Waals surface area contributed by atoms with Crippen molar-refractivity contribution in [3.05, 3.63) is 11.3 Å². The number of hydrogen-bond acceptors (Lipinski definition) is 0. The molecular formula is C10H23ClSi. The SMILES string of the molecule is CC=C(C)[SiH2]Cl.CCCCCC. The highest BCUT2D eigenvalue weighted by molar-refractivity contribution is 6.97. The summed E-state index contributed by atoms with van der Waals surface area (Å²) in [4.78, 5) is 0. The third kappa shape index (κ3) is 16.7. The second kappa shape index (κ2) is 13.8. The van der Waals surface area contributed by atoms with Crippen molar-refractivity contribution < 1.29 is 0 Å². The summed E-state index contributed by atoms with van der Waals surface area (Å²) in [5.74, 6) is 0. The number of halogens is 1. The molecule has 0 aliphatic rings. The lowest BCUT2D eigenvalue weighted by Crippen LogP contribution is -1.76. The Morgan fingerprint density at radius 3 is 1.75 bits per heavy atom. The summed E-state index contributed by atoms with van der Waals surface area (Å²) >= 11 is 5.52. The van der Waals surface area contributed by atoms with E-state index in [2.05, 4.69) is 26.8 Å². The Morgan fingerprint density at radius 2 is 1.67 bits per heavy atom. The molecular weight excluding hydrogens is 184 g/mol. The Bertz CT molecular complexity index is 96.0. The van der Waals surface area contributed by atoms with Crippen molar-refractivity contribution in [2.24, 2.45) is 0 Å². The predicted molar refractivity (Wildman–Crippen MR) is 63.6 cm³/mol. The van der Waals surface area contributed by atoms with Crippen LogP contribution in [0.5, 0.6) is 0 Å². The average molecular weight is 207 g/mol. The van der Waals surface area contributed by atoms with E-state index < -0.39 is 0 Å². The van der Waals surface area contributed by atoms with E-state index in [1.807, 2.05) is 6.92 Å². The Morgan fingerprint density at radius 1 is 1.25 bits per heavy atom. The largest absolute Gasteiger partial charge is 0.170 e. The summed E-state index contributed by atoms with van der Waals surface area (Å²) in [5, 5.41) is 1.37. The molecule has 0 saturated heterocycles. The molecule has 0 aliphatic heterocycles. The van der Waals surface area contributed by atoms with Gasteiger partial charge in [0.25, 0.3) is 0 Å². The van der Waals surface area contributed by atoms with Crippen LogP contribution in [-0.4, -0.2) is 8.83 Å². The number of rotatable bonds is 4. The molecule has 0 atom stereocenters. The molecule has 0 spiro atoms. The van der Waals surface area contributed by atoms with Gasteiger partial charge in [-0.05, 0) is 13.8 Å². The van der Waals surface area contributed by atoms with Crippen LogP contribution < -0.4 is 0 Å². The zero-order valence-electron chi connectivity index (χ0n) is 8.99. The fourth-order valence-corrected chi connectivity index (χ4v) is 1.19. The number of unbranched alkanes of at least 4 members (excludes halogenated alkanes) is 3. The van der Waals surface area contributed by atoms with E-state index in [0.29, 0.717) is 0 Å². The summed E-state index contributed by atoms with van der Waals surface area (Å²) in [6, 6.07) is 0. The summed E-state index contributed by atoms with van der Waals surface area (Å²) in [5.41, 5.74) is 0. The minimum absolute atomic E-state index is 0.328. The van der Waals surface area contributed by atoms with Crippen molar-refractivity contribution in [1.82, 2.24) is 0 Å². The molecule has 0 aromatic rings. The van der Waals surface area contributed by atoms with Crippen molar-refractivity contribution in [2.75, 3.05) is 0 Å². The van der Waals surface area contributed by atoms with E-state index in [-0.39, 0.29) is 8.83 Å². The molecule has 0 aromatic carbocycles. The standard InChI is InChI=1S/C6H14.C4H9ClSi/c1-3-5-6-4-2;1-3-4(2)6-5/h3-6H2,1-2H3;3H,6H2,1-2H3. The van der Waals surface area contributed by atoms with Gasteiger partial charge in [0.1, 0.15) is 0 Å². The molecule has 0 bridgehead atoms. The molecule has 0 heterocycles. The Labute approximate surface area is 84.9 Å². The Balaban J connectivity index is 0. The zero-order chi connectivity index (χ0) is 9.82. The quantitative estimate of drug-likeness (QED) is 0.373. The van der Waals surface area contributed by atoms with Gasteiger partial charge < -0.3 is 0 Å². The second-order valence-electron chi connectivity index (χ2n) is 2.98. The second-order valence-corrected chi connectivity index (χ2v) is 5.16. The molecule has 0 radical (unpaired) electrons. The van der Waals surface area contributed by atoms with Gasteiger partial charge in [-0.15, -0.1) is 0 Å². The lowest BCUT2D eigenvalue weighted by Gasteiger charge is -1.86. The van der Waals surface area contributed by atoms with E-state index in [0.717, 1.165) is 0 Å². The molecule has 0 unspecified atom stereocenters. The van der Waals surface area contributed by atoms with Gasteiger partial charge in [-0.1, -0.05) is 50.8 Å². The highest BCUT2D eigenvalue weighted by Crippen LogP contribution is 1.95. The first-order chi connectivity index (χ1) is 5.72. The van der Waals surface area contributed by atoms with E-state index in [1.165, 1.54) is 30.9 Å². The topological polar surface area (TPSA) is 0 Å². The van der Waals surface area contributed by atoms with E-state index in [1.54, 1.807) is 0 Å². The first-order valence-electron chi connectivity index (χ1n) is 4.90. The molecule has 0 fully saturated rings. The van der Waals surface area contributed by atoms with Gasteiger partial charge in [0.05, 0.1) is 0 Å². The van der Waals surface area contributed by atoms with Crippen molar-refractivity contribution in [3.8, 4) is 0 Å². The molecule has 0 amide bonds. The van der Waals surface area contributed by atoms with Crippen molar-refractivity contribution in [3.63, 3.8) is 0 Å². The maximum Gasteiger partial charge on any atom is 0.151 e. The fraction of sp³-hybridized carbons (Fsp3) is 0.800. The van der Waals surface area contributed by atoms with Gasteiger partial charge >= 0.3 is 0 Å². The van der Waals surface area contributed by atoms with Crippen molar-refractivity contribution in [2.45, 2.75) is 53.4 Å². The van der Waals surface area contributed by atoms with Gasteiger partial charge in [0.15, 0.2) is 8.83 Å². The monoisotopic (exact) mass is 206 g/mol. The van der Waals surface area contributed by atoms with Crippen molar-refractivity contribution >= 4 is 19.9 Å². The van der Waals surface area contributed by atoms with Gasteiger partial charge in [-0.25, -0.2) is 0 Å². The maximum atomic E-state index is 5.52. The first kappa shape index (κ1) is 14.8. The average Bonchev–Trinajstić information content (AvgIpc) is 2.14. The minimum Gasteiger partial charge on any atom is -0.170 e. The van der Waals surface area contributed by atoms with Crippen molar-refractivity contribution in [1.29, 1.82) is 0 Å². The van der Waals surface area contributed by atoms with Crippen LogP contribution in [0.4, 0.5) is 0 Å². The van der Waals surface area contributed by atoms with Crippen LogP contribution >= 0.6 is 11.1 Å². The highest BCUT2D eigenvalue weighted by Gasteiger charge is 1.77. The van der Waals surface area contributed by atoms with Crippen LogP contribution in [0.15, 0.2) is 11.3 Å². The molecule has 12 heavy (non-hydrogen) atoms. The summed E-state index contributed by atoms with van der Waals surface area (Å²) in [6.45, 7) is 8.55. The Hall–Kier alpha value is 0.247. The van der Waals surface area contributed by atoms with Gasteiger partial charge in [-0.2, -0.15) is 11.1 Å². The van der Waals surface area contributed by atoms with E-state index in [4.69, 9.17) is 11.1 Å². The number of hydrogen-bond donors (Lipinski definition) is 0. The van der Waals surface area contributed by atoms with Crippen LogP contribution in [0, 0.1) is 0 Å². The van der Waals surface area contributed by atoms with Gasteiger partial charge in [-0.3, -0.25) is 0 Å². The smallest absolute Gasteiger partial charge is 0.151 e. The highest BCUT2D eigenvalue weighted by atomic mass is 35.6. The zero-order valence-corrected chi connectivity index (χ0v) is 11.2. The van der Waals surface area contributed by atoms with Crippen LogP contribution in [0.1, 0.15) is 53.4 Å². The van der Waals surface area contributed by atoms with Gasteiger partial charge in [0, 0.05) is 0 Å². The van der Waals surface area contributed by atoms with Crippen LogP contribution in [0.2, 0.25) is 0 Å². The third-order valence-corrected chi connectivity index (χ3v) is 3.76. The number of allylic oxidation sites excluding steroid dienone is 2.